The molecule has 0 aliphatic rings. The van der Waals surface area contributed by atoms with Crippen LogP contribution in [0.15, 0.2) is 241 Å². The summed E-state index contributed by atoms with van der Waals surface area (Å²) in [5, 5.41) is 6.09. The Morgan fingerprint density at radius 1 is 0.283 bits per heavy atom. The normalized spacial score (nSPS) is 11.3. The number of hydrogen-bond acceptors (Lipinski definition) is 2. The Morgan fingerprint density at radius 3 is 1.48 bits per heavy atom. The Labute approximate surface area is 349 Å². The Kier molecular flexibility index (Phi) is 8.87. The Morgan fingerprint density at radius 2 is 0.783 bits per heavy atom. The fourth-order valence-corrected chi connectivity index (χ4v) is 8.79. The highest BCUT2D eigenvalue weighted by atomic mass is 16.3. The lowest BCUT2D eigenvalue weighted by atomic mass is 9.95. The van der Waals surface area contributed by atoms with Gasteiger partial charge in [-0.25, -0.2) is 0 Å². The van der Waals surface area contributed by atoms with Crippen molar-refractivity contribution in [3.8, 4) is 55.8 Å². The van der Waals surface area contributed by atoms with E-state index in [1.165, 1.54) is 49.4 Å². The van der Waals surface area contributed by atoms with Gasteiger partial charge < -0.3 is 9.32 Å². The van der Waals surface area contributed by atoms with Gasteiger partial charge in [0.2, 0.25) is 0 Å². The van der Waals surface area contributed by atoms with Gasteiger partial charge in [0.25, 0.3) is 0 Å². The number of para-hydroxylation sites is 1. The molecule has 0 radical (unpaired) electrons. The van der Waals surface area contributed by atoms with Crippen molar-refractivity contribution >= 4 is 49.6 Å². The lowest BCUT2D eigenvalue weighted by Gasteiger charge is -2.26. The molecule has 2 nitrogen and oxygen atoms in total. The van der Waals surface area contributed by atoms with Gasteiger partial charge in [0.05, 0.1) is 0 Å². The maximum absolute atomic E-state index is 6.70. The first kappa shape index (κ1) is 35.2. The maximum Gasteiger partial charge on any atom is 0.143 e. The highest BCUT2D eigenvalue weighted by molar-refractivity contribution is 6.02. The molecule has 1 heterocycles. The number of fused-ring (bicyclic) bond motifs is 3. The first-order valence-electron chi connectivity index (χ1n) is 20.5. The van der Waals surface area contributed by atoms with E-state index in [-0.39, 0.29) is 0 Å². The van der Waals surface area contributed by atoms with Crippen LogP contribution in [0.5, 0.6) is 0 Å². The SMILES string of the molecule is c1ccc(-c2c(-c3cccc(N(c4ccc(-c5cccc(-c6cccc7ccccc67)c5)cc4)c4ccc(-c5cccc6ccccc56)cc4)c3)oc3ccccc23)cc1. The molecule has 0 fully saturated rings. The fraction of sp³-hybridized carbons (Fsp3) is 0. The molecular formula is C58H39NO. The second-order valence-corrected chi connectivity index (χ2v) is 15.3. The third kappa shape index (κ3) is 6.41. The molecule has 0 aliphatic carbocycles. The maximum atomic E-state index is 6.70. The van der Waals surface area contributed by atoms with Crippen LogP contribution < -0.4 is 4.90 Å². The van der Waals surface area contributed by atoms with Gasteiger partial charge in [-0.3, -0.25) is 0 Å². The van der Waals surface area contributed by atoms with E-state index in [1.54, 1.807) is 0 Å². The van der Waals surface area contributed by atoms with Gasteiger partial charge in [-0.15, -0.1) is 0 Å². The summed E-state index contributed by atoms with van der Waals surface area (Å²) in [6.07, 6.45) is 0. The van der Waals surface area contributed by atoms with Crippen molar-refractivity contribution in [1.29, 1.82) is 0 Å². The van der Waals surface area contributed by atoms with Gasteiger partial charge in [0, 0.05) is 33.6 Å². The highest BCUT2D eigenvalue weighted by Gasteiger charge is 2.20. The van der Waals surface area contributed by atoms with Crippen LogP contribution in [0.4, 0.5) is 17.1 Å². The molecular weight excluding hydrogens is 727 g/mol. The molecule has 60 heavy (non-hydrogen) atoms. The summed E-state index contributed by atoms with van der Waals surface area (Å²) in [5.74, 6) is 0.858. The van der Waals surface area contributed by atoms with Crippen LogP contribution in [-0.4, -0.2) is 0 Å². The quantitative estimate of drug-likeness (QED) is 0.153. The molecule has 0 saturated carbocycles. The third-order valence-corrected chi connectivity index (χ3v) is 11.7. The molecule has 0 N–H and O–H groups in total. The van der Waals surface area contributed by atoms with E-state index < -0.39 is 0 Å². The van der Waals surface area contributed by atoms with Gasteiger partial charge in [0.15, 0.2) is 0 Å². The van der Waals surface area contributed by atoms with Crippen molar-refractivity contribution in [2.45, 2.75) is 0 Å². The monoisotopic (exact) mass is 765 g/mol. The van der Waals surface area contributed by atoms with Crippen LogP contribution in [0, 0.1) is 0 Å². The van der Waals surface area contributed by atoms with Gasteiger partial charge in [0.1, 0.15) is 11.3 Å². The van der Waals surface area contributed by atoms with Crippen molar-refractivity contribution < 1.29 is 4.42 Å². The minimum absolute atomic E-state index is 0.858. The van der Waals surface area contributed by atoms with Crippen molar-refractivity contribution in [2.75, 3.05) is 4.90 Å². The summed E-state index contributed by atoms with van der Waals surface area (Å²) in [5.41, 5.74) is 14.5. The van der Waals surface area contributed by atoms with Crippen LogP contribution in [0.1, 0.15) is 0 Å². The molecule has 0 aliphatic heterocycles. The van der Waals surface area contributed by atoms with Crippen LogP contribution >= 0.6 is 0 Å². The predicted octanol–water partition coefficient (Wildman–Crippen LogP) is 16.5. The van der Waals surface area contributed by atoms with Gasteiger partial charge in [-0.2, -0.15) is 0 Å². The molecule has 0 unspecified atom stereocenters. The molecule has 11 aromatic rings. The predicted molar refractivity (Wildman–Crippen MR) is 253 cm³/mol. The van der Waals surface area contributed by atoms with Crippen LogP contribution in [-0.2, 0) is 0 Å². The molecule has 0 spiro atoms. The largest absolute Gasteiger partial charge is 0.455 e. The average Bonchev–Trinajstić information content (AvgIpc) is 3.72. The summed E-state index contributed by atoms with van der Waals surface area (Å²) in [6.45, 7) is 0. The van der Waals surface area contributed by atoms with E-state index in [1.807, 2.05) is 6.07 Å². The summed E-state index contributed by atoms with van der Waals surface area (Å²) < 4.78 is 6.70. The highest BCUT2D eigenvalue weighted by Crippen LogP contribution is 2.44. The number of benzene rings is 10. The van der Waals surface area contributed by atoms with Gasteiger partial charge in [-0.1, -0.05) is 188 Å². The van der Waals surface area contributed by atoms with Crippen molar-refractivity contribution in [1.82, 2.24) is 0 Å². The summed E-state index contributed by atoms with van der Waals surface area (Å²) in [6, 6.07) is 84.7. The Bertz CT molecular complexity index is 3290. The Balaban J connectivity index is 1.02. The summed E-state index contributed by atoms with van der Waals surface area (Å²) >= 11 is 0. The fourth-order valence-electron chi connectivity index (χ4n) is 8.79. The minimum atomic E-state index is 0.858. The van der Waals surface area contributed by atoms with E-state index in [0.29, 0.717) is 0 Å². The number of anilines is 3. The average molecular weight is 766 g/mol. The lowest BCUT2D eigenvalue weighted by molar-refractivity contribution is 0.632. The van der Waals surface area contributed by atoms with Crippen LogP contribution in [0.25, 0.3) is 88.3 Å². The van der Waals surface area contributed by atoms with Crippen molar-refractivity contribution in [3.63, 3.8) is 0 Å². The second-order valence-electron chi connectivity index (χ2n) is 15.3. The number of hydrogen-bond donors (Lipinski definition) is 0. The zero-order valence-electron chi connectivity index (χ0n) is 32.9. The zero-order valence-corrected chi connectivity index (χ0v) is 32.9. The molecule has 2 heteroatoms. The lowest BCUT2D eigenvalue weighted by Crippen LogP contribution is -2.10. The van der Waals surface area contributed by atoms with E-state index in [2.05, 4.69) is 235 Å². The Hall–Kier alpha value is -7.94. The molecule has 11 rings (SSSR count). The number of rotatable bonds is 8. The minimum Gasteiger partial charge on any atom is -0.455 e. The van der Waals surface area contributed by atoms with Crippen LogP contribution in [0.3, 0.4) is 0 Å². The molecule has 1 aromatic heterocycles. The third-order valence-electron chi connectivity index (χ3n) is 11.7. The molecule has 10 aromatic carbocycles. The van der Waals surface area contributed by atoms with Gasteiger partial charge in [-0.05, 0) is 109 Å². The molecule has 0 saturated heterocycles. The van der Waals surface area contributed by atoms with E-state index >= 15 is 0 Å². The number of nitrogens with zero attached hydrogens (tertiary/aromatic N) is 1. The standard InChI is InChI=1S/C58H39NO/c1-2-16-44(17-3-1)57-55-26-8-9-29-56(55)60-58(57)47-22-11-23-50(39-47)59(49-36-32-43(33-37-49)53-27-12-18-41-14-4-6-24-51(41)53)48-34-30-40(31-35-48)45-20-10-21-46(38-45)54-28-13-19-42-15-5-7-25-52(42)54/h1-39H. The van der Waals surface area contributed by atoms with E-state index in [4.69, 9.17) is 4.42 Å². The summed E-state index contributed by atoms with van der Waals surface area (Å²) in [4.78, 5) is 2.34. The molecule has 282 valence electrons. The number of furan rings is 1. The van der Waals surface area contributed by atoms with Crippen LogP contribution in [0.2, 0.25) is 0 Å². The first-order valence-corrected chi connectivity index (χ1v) is 20.5. The summed E-state index contributed by atoms with van der Waals surface area (Å²) in [7, 11) is 0. The van der Waals surface area contributed by atoms with Gasteiger partial charge >= 0.3 is 0 Å². The topological polar surface area (TPSA) is 16.4 Å². The van der Waals surface area contributed by atoms with E-state index in [0.717, 1.165) is 56.0 Å². The second kappa shape index (κ2) is 15.1. The molecule has 0 bridgehead atoms. The molecule has 0 atom stereocenters. The van der Waals surface area contributed by atoms with Crippen molar-refractivity contribution in [3.05, 3.63) is 237 Å². The van der Waals surface area contributed by atoms with E-state index in [9.17, 15) is 0 Å². The van der Waals surface area contributed by atoms with Crippen molar-refractivity contribution in [2.24, 2.45) is 0 Å². The zero-order chi connectivity index (χ0) is 39.8. The smallest absolute Gasteiger partial charge is 0.143 e. The molecule has 0 amide bonds. The first-order chi connectivity index (χ1) is 29.7.